The Kier molecular flexibility index (Phi) is 3.88. The number of nitriles is 1. The summed E-state index contributed by atoms with van der Waals surface area (Å²) < 4.78 is 31.8. The van der Waals surface area contributed by atoms with Gasteiger partial charge in [-0.3, -0.25) is 0 Å². The highest BCUT2D eigenvalue weighted by Gasteiger charge is 2.16. The molecule has 7 heteroatoms. The predicted molar refractivity (Wildman–Crippen MR) is 71.2 cm³/mol. The summed E-state index contributed by atoms with van der Waals surface area (Å²) in [4.78, 5) is 4.13. The summed E-state index contributed by atoms with van der Waals surface area (Å²) in [5.41, 5.74) is 1.02. The molecule has 0 saturated heterocycles. The van der Waals surface area contributed by atoms with Gasteiger partial charge in [0.05, 0.1) is 28.8 Å². The van der Waals surface area contributed by atoms with Crippen molar-refractivity contribution in [2.75, 3.05) is 0 Å². The number of benzene rings is 1. The van der Waals surface area contributed by atoms with Crippen LogP contribution in [0, 0.1) is 25.2 Å². The third-order valence-electron chi connectivity index (χ3n) is 2.76. The summed E-state index contributed by atoms with van der Waals surface area (Å²) >= 11 is 0. The lowest BCUT2D eigenvalue weighted by Gasteiger charge is -2.04. The fourth-order valence-electron chi connectivity index (χ4n) is 1.59. The van der Waals surface area contributed by atoms with Crippen LogP contribution in [0.5, 0.6) is 0 Å². The fraction of sp³-hybridized carbons (Fsp3) is 0.231. The molecule has 0 saturated carbocycles. The van der Waals surface area contributed by atoms with E-state index in [0.717, 1.165) is 5.69 Å². The molecule has 1 N–H and O–H groups in total. The second-order valence-electron chi connectivity index (χ2n) is 4.21. The van der Waals surface area contributed by atoms with E-state index in [-0.39, 0.29) is 17.0 Å². The summed E-state index contributed by atoms with van der Waals surface area (Å²) in [7, 11) is -3.70. The van der Waals surface area contributed by atoms with E-state index in [0.29, 0.717) is 11.7 Å². The summed E-state index contributed by atoms with van der Waals surface area (Å²) in [6.07, 6.45) is 0. The number of hydrogen-bond donors (Lipinski definition) is 1. The van der Waals surface area contributed by atoms with Crippen LogP contribution >= 0.6 is 0 Å². The SMILES string of the molecule is Cc1nc(CNS(=O)(=O)c2cccc(C#N)c2)oc1C. The summed E-state index contributed by atoms with van der Waals surface area (Å²) in [6.45, 7) is 3.51. The molecule has 0 bridgehead atoms. The highest BCUT2D eigenvalue weighted by Crippen LogP contribution is 2.12. The molecule has 0 atom stereocenters. The maximum absolute atomic E-state index is 12.1. The maximum Gasteiger partial charge on any atom is 0.241 e. The Balaban J connectivity index is 2.17. The minimum absolute atomic E-state index is 0.0339. The van der Waals surface area contributed by atoms with Crippen LogP contribution in [0.4, 0.5) is 0 Å². The molecule has 0 fully saturated rings. The molecule has 1 aromatic heterocycles. The third-order valence-corrected chi connectivity index (χ3v) is 4.16. The van der Waals surface area contributed by atoms with Gasteiger partial charge >= 0.3 is 0 Å². The molecule has 1 heterocycles. The van der Waals surface area contributed by atoms with Crippen molar-refractivity contribution in [1.82, 2.24) is 9.71 Å². The van der Waals surface area contributed by atoms with Crippen molar-refractivity contribution in [3.05, 3.63) is 47.2 Å². The molecule has 0 aliphatic heterocycles. The van der Waals surface area contributed by atoms with Crippen molar-refractivity contribution >= 4 is 10.0 Å². The van der Waals surface area contributed by atoms with E-state index in [1.54, 1.807) is 19.9 Å². The van der Waals surface area contributed by atoms with Crippen LogP contribution in [0.25, 0.3) is 0 Å². The van der Waals surface area contributed by atoms with Gasteiger partial charge in [-0.05, 0) is 32.0 Å². The number of nitrogens with one attached hydrogen (secondary N) is 1. The molecule has 0 aliphatic carbocycles. The van der Waals surface area contributed by atoms with Crippen molar-refractivity contribution in [3.63, 3.8) is 0 Å². The minimum atomic E-state index is -3.70. The second kappa shape index (κ2) is 5.45. The van der Waals surface area contributed by atoms with Crippen LogP contribution in [-0.2, 0) is 16.6 Å². The molecule has 0 aliphatic rings. The summed E-state index contributed by atoms with van der Waals surface area (Å²) in [5.74, 6) is 0.964. The van der Waals surface area contributed by atoms with Crippen LogP contribution in [0.15, 0.2) is 33.6 Å². The van der Waals surface area contributed by atoms with Crippen LogP contribution in [-0.4, -0.2) is 13.4 Å². The number of nitrogens with zero attached hydrogens (tertiary/aromatic N) is 2. The van der Waals surface area contributed by atoms with E-state index in [9.17, 15) is 8.42 Å². The summed E-state index contributed by atoms with van der Waals surface area (Å²) in [6, 6.07) is 7.70. The van der Waals surface area contributed by atoms with Gasteiger partial charge in [-0.1, -0.05) is 6.07 Å². The average Bonchev–Trinajstić information content (AvgIpc) is 2.76. The zero-order chi connectivity index (χ0) is 14.8. The number of sulfonamides is 1. The van der Waals surface area contributed by atoms with Crippen molar-refractivity contribution < 1.29 is 12.8 Å². The Morgan fingerprint density at radius 2 is 2.15 bits per heavy atom. The fourth-order valence-corrected chi connectivity index (χ4v) is 2.61. The van der Waals surface area contributed by atoms with Gasteiger partial charge < -0.3 is 4.42 Å². The maximum atomic E-state index is 12.1. The molecule has 1 aromatic carbocycles. The molecule has 104 valence electrons. The number of oxazole rings is 1. The zero-order valence-electron chi connectivity index (χ0n) is 11.0. The zero-order valence-corrected chi connectivity index (χ0v) is 11.9. The smallest absolute Gasteiger partial charge is 0.241 e. The number of aromatic nitrogens is 1. The topological polar surface area (TPSA) is 96.0 Å². The van der Waals surface area contributed by atoms with Crippen molar-refractivity contribution in [2.24, 2.45) is 0 Å². The molecular weight excluding hydrogens is 278 g/mol. The van der Waals surface area contributed by atoms with Crippen LogP contribution in [0.3, 0.4) is 0 Å². The Bertz CT molecular complexity index is 753. The molecular formula is C13H13N3O3S. The van der Waals surface area contributed by atoms with Gasteiger partial charge in [0.2, 0.25) is 15.9 Å². The van der Waals surface area contributed by atoms with Gasteiger partial charge in [0.1, 0.15) is 5.76 Å². The monoisotopic (exact) mass is 291 g/mol. The molecule has 0 spiro atoms. The first-order valence-electron chi connectivity index (χ1n) is 5.85. The summed E-state index contributed by atoms with van der Waals surface area (Å²) in [5, 5.41) is 8.78. The van der Waals surface area contributed by atoms with E-state index in [1.807, 2.05) is 6.07 Å². The second-order valence-corrected chi connectivity index (χ2v) is 5.98. The molecule has 0 unspecified atom stereocenters. The van der Waals surface area contributed by atoms with Crippen molar-refractivity contribution in [3.8, 4) is 6.07 Å². The molecule has 2 aromatic rings. The van der Waals surface area contributed by atoms with E-state index in [1.165, 1.54) is 18.2 Å². The van der Waals surface area contributed by atoms with Gasteiger partial charge in [-0.15, -0.1) is 0 Å². The van der Waals surface area contributed by atoms with E-state index >= 15 is 0 Å². The van der Waals surface area contributed by atoms with Gasteiger partial charge in [0.25, 0.3) is 0 Å². The van der Waals surface area contributed by atoms with Crippen LogP contribution in [0.2, 0.25) is 0 Å². The first-order valence-corrected chi connectivity index (χ1v) is 7.33. The van der Waals surface area contributed by atoms with Gasteiger partial charge in [-0.2, -0.15) is 5.26 Å². The molecule has 6 nitrogen and oxygen atoms in total. The van der Waals surface area contributed by atoms with Crippen LogP contribution in [0.1, 0.15) is 22.9 Å². The molecule has 2 rings (SSSR count). The van der Waals surface area contributed by atoms with Crippen LogP contribution < -0.4 is 4.72 Å². The number of rotatable bonds is 4. The molecule has 0 radical (unpaired) electrons. The lowest BCUT2D eigenvalue weighted by atomic mass is 10.2. The lowest BCUT2D eigenvalue weighted by Crippen LogP contribution is -2.23. The van der Waals surface area contributed by atoms with Gasteiger partial charge in [0, 0.05) is 0 Å². The highest BCUT2D eigenvalue weighted by molar-refractivity contribution is 7.89. The average molecular weight is 291 g/mol. The first-order chi connectivity index (χ1) is 9.42. The molecule has 20 heavy (non-hydrogen) atoms. The number of hydrogen-bond acceptors (Lipinski definition) is 5. The van der Waals surface area contributed by atoms with Gasteiger partial charge in [0.15, 0.2) is 0 Å². The van der Waals surface area contributed by atoms with Crippen molar-refractivity contribution in [1.29, 1.82) is 5.26 Å². The normalized spacial score (nSPS) is 11.2. The van der Waals surface area contributed by atoms with Gasteiger partial charge in [-0.25, -0.2) is 18.1 Å². The molecule has 0 amide bonds. The quantitative estimate of drug-likeness (QED) is 0.923. The highest BCUT2D eigenvalue weighted by atomic mass is 32.2. The Hall–Kier alpha value is -2.17. The Labute approximate surface area is 117 Å². The first kappa shape index (κ1) is 14.2. The van der Waals surface area contributed by atoms with Crippen molar-refractivity contribution in [2.45, 2.75) is 25.3 Å². The Morgan fingerprint density at radius 3 is 2.75 bits per heavy atom. The number of aryl methyl sites for hydroxylation is 2. The van der Waals surface area contributed by atoms with E-state index in [2.05, 4.69) is 9.71 Å². The Morgan fingerprint density at radius 1 is 1.40 bits per heavy atom. The largest absolute Gasteiger partial charge is 0.444 e. The standard InChI is InChI=1S/C13H13N3O3S/c1-9-10(2)19-13(16-9)8-15-20(17,18)12-5-3-4-11(6-12)7-14/h3-6,15H,8H2,1-2H3. The van der Waals surface area contributed by atoms with E-state index in [4.69, 9.17) is 9.68 Å². The predicted octanol–water partition coefficient (Wildman–Crippen LogP) is 1.64. The van der Waals surface area contributed by atoms with E-state index < -0.39 is 10.0 Å². The lowest BCUT2D eigenvalue weighted by molar-refractivity contribution is 0.463. The minimum Gasteiger partial charge on any atom is -0.444 e. The third kappa shape index (κ3) is 3.04.